The summed E-state index contributed by atoms with van der Waals surface area (Å²) < 4.78 is 16.5. The average Bonchev–Trinajstić information content (AvgIpc) is 3.03. The zero-order valence-corrected chi connectivity index (χ0v) is 9.92. The van der Waals surface area contributed by atoms with Crippen molar-refractivity contribution in [2.24, 2.45) is 0 Å². The van der Waals surface area contributed by atoms with Gasteiger partial charge in [-0.05, 0) is 12.1 Å². The van der Waals surface area contributed by atoms with E-state index in [-0.39, 0.29) is 5.76 Å². The third-order valence-electron chi connectivity index (χ3n) is 3.34. The Morgan fingerprint density at radius 3 is 2.83 bits per heavy atom. The summed E-state index contributed by atoms with van der Waals surface area (Å²) in [5.41, 5.74) is 0. The van der Waals surface area contributed by atoms with Gasteiger partial charge in [0.2, 0.25) is 5.76 Å². The first-order valence-electron chi connectivity index (χ1n) is 5.99. The first-order chi connectivity index (χ1) is 8.67. The predicted molar refractivity (Wildman–Crippen MR) is 60.2 cm³/mol. The van der Waals surface area contributed by atoms with Gasteiger partial charge in [0, 0.05) is 13.0 Å². The molecule has 0 atom stereocenters. The van der Waals surface area contributed by atoms with E-state index >= 15 is 0 Å². The molecule has 0 amide bonds. The molecule has 2 fully saturated rings. The number of hydrogen-bond donors (Lipinski definition) is 1. The Hall–Kier alpha value is -1.37. The Kier molecular flexibility index (Phi) is 2.85. The predicted octanol–water partition coefficient (Wildman–Crippen LogP) is 0.927. The molecule has 0 bridgehead atoms. The topological polar surface area (TPSA) is 72.1 Å². The van der Waals surface area contributed by atoms with Gasteiger partial charge in [0.25, 0.3) is 0 Å². The van der Waals surface area contributed by atoms with Gasteiger partial charge in [0.05, 0.1) is 26.3 Å². The molecule has 3 rings (SSSR count). The molecular formula is C12H15NO5. The van der Waals surface area contributed by atoms with E-state index in [1.807, 2.05) is 0 Å². The highest BCUT2D eigenvalue weighted by Crippen LogP contribution is 2.31. The minimum Gasteiger partial charge on any atom is -0.475 e. The fraction of sp³-hybridized carbons (Fsp3) is 0.583. The zero-order valence-electron chi connectivity index (χ0n) is 9.92. The molecule has 2 saturated heterocycles. The van der Waals surface area contributed by atoms with E-state index in [9.17, 15) is 4.79 Å². The van der Waals surface area contributed by atoms with Crippen molar-refractivity contribution in [1.82, 2.24) is 4.90 Å². The SMILES string of the molecule is O=C(O)c1ccc(CN2CCC3(C2)OCCO3)o1. The molecular weight excluding hydrogens is 238 g/mol. The third-order valence-corrected chi connectivity index (χ3v) is 3.34. The molecule has 1 N–H and O–H groups in total. The van der Waals surface area contributed by atoms with Crippen LogP contribution < -0.4 is 0 Å². The molecule has 0 aromatic carbocycles. The maximum atomic E-state index is 10.7. The van der Waals surface area contributed by atoms with E-state index in [0.717, 1.165) is 13.0 Å². The highest BCUT2D eigenvalue weighted by Gasteiger charge is 2.43. The molecule has 0 saturated carbocycles. The van der Waals surface area contributed by atoms with Crippen LogP contribution in [0.25, 0.3) is 0 Å². The summed E-state index contributed by atoms with van der Waals surface area (Å²) in [5.74, 6) is -0.848. The number of ether oxygens (including phenoxy) is 2. The third kappa shape index (κ3) is 2.14. The van der Waals surface area contributed by atoms with Crippen LogP contribution in [0.15, 0.2) is 16.5 Å². The smallest absolute Gasteiger partial charge is 0.371 e. The molecule has 18 heavy (non-hydrogen) atoms. The van der Waals surface area contributed by atoms with Crippen molar-refractivity contribution >= 4 is 5.97 Å². The second-order valence-electron chi connectivity index (χ2n) is 4.64. The summed E-state index contributed by atoms with van der Waals surface area (Å²) in [7, 11) is 0. The number of carboxylic acids is 1. The molecule has 1 aromatic heterocycles. The molecule has 1 aromatic rings. The van der Waals surface area contributed by atoms with E-state index in [4.69, 9.17) is 19.0 Å². The highest BCUT2D eigenvalue weighted by atomic mass is 16.7. The van der Waals surface area contributed by atoms with Crippen LogP contribution in [0.1, 0.15) is 22.7 Å². The Bertz CT molecular complexity index is 449. The van der Waals surface area contributed by atoms with Crippen molar-refractivity contribution in [2.75, 3.05) is 26.3 Å². The van der Waals surface area contributed by atoms with E-state index in [0.29, 0.717) is 32.1 Å². The average molecular weight is 253 g/mol. The Morgan fingerprint density at radius 1 is 1.39 bits per heavy atom. The lowest BCUT2D eigenvalue weighted by atomic mass is 10.2. The van der Waals surface area contributed by atoms with Crippen molar-refractivity contribution in [2.45, 2.75) is 18.8 Å². The molecule has 6 nitrogen and oxygen atoms in total. The number of likely N-dealkylation sites (tertiary alicyclic amines) is 1. The number of carboxylic acid groups (broad SMARTS) is 1. The van der Waals surface area contributed by atoms with E-state index < -0.39 is 11.8 Å². The fourth-order valence-electron chi connectivity index (χ4n) is 2.49. The second-order valence-corrected chi connectivity index (χ2v) is 4.64. The molecule has 2 aliphatic rings. The summed E-state index contributed by atoms with van der Waals surface area (Å²) in [4.78, 5) is 12.9. The minimum absolute atomic E-state index is 0.0210. The van der Waals surface area contributed by atoms with E-state index in [2.05, 4.69) is 4.90 Å². The normalized spacial score (nSPS) is 22.9. The first kappa shape index (κ1) is 11.7. The Morgan fingerprint density at radius 2 is 2.17 bits per heavy atom. The largest absolute Gasteiger partial charge is 0.475 e. The first-order valence-corrected chi connectivity index (χ1v) is 5.99. The van der Waals surface area contributed by atoms with Crippen molar-refractivity contribution in [3.63, 3.8) is 0 Å². The van der Waals surface area contributed by atoms with Crippen LogP contribution in [-0.2, 0) is 16.0 Å². The van der Waals surface area contributed by atoms with Crippen molar-refractivity contribution in [3.05, 3.63) is 23.7 Å². The second kappa shape index (κ2) is 4.38. The molecule has 6 heteroatoms. The molecule has 0 unspecified atom stereocenters. The number of furan rings is 1. The van der Waals surface area contributed by atoms with Gasteiger partial charge in [0.15, 0.2) is 5.79 Å². The van der Waals surface area contributed by atoms with Crippen molar-refractivity contribution < 1.29 is 23.8 Å². The van der Waals surface area contributed by atoms with Crippen LogP contribution in [-0.4, -0.2) is 48.1 Å². The number of aromatic carboxylic acids is 1. The van der Waals surface area contributed by atoms with Crippen LogP contribution in [0.2, 0.25) is 0 Å². The highest BCUT2D eigenvalue weighted by molar-refractivity contribution is 5.84. The molecule has 98 valence electrons. The molecule has 0 radical (unpaired) electrons. The Balaban J connectivity index is 1.61. The fourth-order valence-corrected chi connectivity index (χ4v) is 2.49. The van der Waals surface area contributed by atoms with Crippen molar-refractivity contribution in [3.8, 4) is 0 Å². The summed E-state index contributed by atoms with van der Waals surface area (Å²) in [6, 6.07) is 3.18. The summed E-state index contributed by atoms with van der Waals surface area (Å²) in [6.45, 7) is 3.45. The van der Waals surface area contributed by atoms with Gasteiger partial charge >= 0.3 is 5.97 Å². The van der Waals surface area contributed by atoms with Crippen LogP contribution in [0.3, 0.4) is 0 Å². The van der Waals surface area contributed by atoms with Gasteiger partial charge in [0.1, 0.15) is 5.76 Å². The summed E-state index contributed by atoms with van der Waals surface area (Å²) in [5, 5.41) is 8.78. The van der Waals surface area contributed by atoms with Gasteiger partial charge in [-0.2, -0.15) is 0 Å². The number of rotatable bonds is 3. The molecule has 1 spiro atoms. The summed E-state index contributed by atoms with van der Waals surface area (Å²) in [6.07, 6.45) is 0.847. The lowest BCUT2D eigenvalue weighted by molar-refractivity contribution is -0.145. The lowest BCUT2D eigenvalue weighted by Crippen LogP contribution is -2.34. The van der Waals surface area contributed by atoms with E-state index in [1.54, 1.807) is 6.07 Å². The van der Waals surface area contributed by atoms with Gasteiger partial charge in [-0.3, -0.25) is 4.90 Å². The molecule has 0 aliphatic carbocycles. The number of nitrogens with zero attached hydrogens (tertiary/aromatic N) is 1. The Labute approximate surface area is 104 Å². The van der Waals surface area contributed by atoms with Gasteiger partial charge in [-0.25, -0.2) is 4.79 Å². The monoisotopic (exact) mass is 253 g/mol. The van der Waals surface area contributed by atoms with Crippen LogP contribution in [0.4, 0.5) is 0 Å². The van der Waals surface area contributed by atoms with Crippen LogP contribution >= 0.6 is 0 Å². The standard InChI is InChI=1S/C12H15NO5/c14-11(15)10-2-1-9(18-10)7-13-4-3-12(8-13)16-5-6-17-12/h1-2H,3-8H2,(H,14,15). The van der Waals surface area contributed by atoms with Crippen LogP contribution in [0.5, 0.6) is 0 Å². The maximum Gasteiger partial charge on any atom is 0.371 e. The molecule has 3 heterocycles. The van der Waals surface area contributed by atoms with Gasteiger partial charge in [-0.15, -0.1) is 0 Å². The van der Waals surface area contributed by atoms with Crippen LogP contribution in [0, 0.1) is 0 Å². The van der Waals surface area contributed by atoms with E-state index in [1.165, 1.54) is 6.07 Å². The minimum atomic E-state index is -1.04. The molecule has 2 aliphatic heterocycles. The quantitative estimate of drug-likeness (QED) is 0.863. The number of hydrogen-bond acceptors (Lipinski definition) is 5. The maximum absolute atomic E-state index is 10.7. The number of carbonyl (C=O) groups is 1. The lowest BCUT2D eigenvalue weighted by Gasteiger charge is -2.21. The van der Waals surface area contributed by atoms with Crippen molar-refractivity contribution in [1.29, 1.82) is 0 Å². The summed E-state index contributed by atoms with van der Waals surface area (Å²) >= 11 is 0. The van der Waals surface area contributed by atoms with Gasteiger partial charge in [-0.1, -0.05) is 0 Å². The van der Waals surface area contributed by atoms with Gasteiger partial charge < -0.3 is 19.0 Å². The zero-order chi connectivity index (χ0) is 12.6.